The van der Waals surface area contributed by atoms with Gasteiger partial charge in [-0.2, -0.15) is 0 Å². The van der Waals surface area contributed by atoms with Crippen molar-refractivity contribution >= 4 is 16.8 Å². The van der Waals surface area contributed by atoms with Crippen LogP contribution in [0.2, 0.25) is 0 Å². The maximum atomic E-state index is 13.1. The summed E-state index contributed by atoms with van der Waals surface area (Å²) in [6.45, 7) is 2.25. The Labute approximate surface area is 151 Å². The third-order valence-corrected chi connectivity index (χ3v) is 4.95. The van der Waals surface area contributed by atoms with Crippen molar-refractivity contribution in [2.45, 2.75) is 38.4 Å². The van der Waals surface area contributed by atoms with Crippen molar-refractivity contribution in [3.05, 3.63) is 76.8 Å². The van der Waals surface area contributed by atoms with Crippen LogP contribution in [0, 0.1) is 0 Å². The number of aromatic nitrogens is 2. The highest BCUT2D eigenvalue weighted by atomic mass is 16.2. The van der Waals surface area contributed by atoms with Crippen molar-refractivity contribution in [3.63, 3.8) is 0 Å². The number of amides is 1. The van der Waals surface area contributed by atoms with Crippen molar-refractivity contribution in [1.82, 2.24) is 14.5 Å². The fourth-order valence-corrected chi connectivity index (χ4v) is 3.48. The molecule has 1 aromatic carbocycles. The number of carbonyl (C=O) groups is 1. The number of rotatable bonds is 5. The van der Waals surface area contributed by atoms with Gasteiger partial charge in [0.05, 0.1) is 17.3 Å². The quantitative estimate of drug-likeness (QED) is 0.712. The minimum absolute atomic E-state index is 0.0230. The van der Waals surface area contributed by atoms with E-state index in [-0.39, 0.29) is 30.0 Å². The lowest BCUT2D eigenvalue weighted by Crippen LogP contribution is -2.38. The standard InChI is InChI=1S/C21H21N3O2/c1-15(18-7-4-5-12-22-18)24(16-9-10-16)21(26)14-23-13-11-20(25)17-6-2-3-8-19(17)23/h2-8,11-13,15-16H,9-10,14H2,1H3/t15-/m0/s1. The van der Waals surface area contributed by atoms with E-state index in [1.165, 1.54) is 6.07 Å². The maximum absolute atomic E-state index is 13.1. The molecule has 0 bridgehead atoms. The van der Waals surface area contributed by atoms with E-state index in [2.05, 4.69) is 4.98 Å². The van der Waals surface area contributed by atoms with Crippen LogP contribution in [0.5, 0.6) is 0 Å². The molecular weight excluding hydrogens is 326 g/mol. The number of pyridine rings is 2. The molecule has 132 valence electrons. The van der Waals surface area contributed by atoms with Gasteiger partial charge in [-0.1, -0.05) is 18.2 Å². The van der Waals surface area contributed by atoms with E-state index in [0.717, 1.165) is 24.1 Å². The monoisotopic (exact) mass is 347 g/mol. The zero-order valence-corrected chi connectivity index (χ0v) is 14.7. The van der Waals surface area contributed by atoms with Crippen LogP contribution in [0.1, 0.15) is 31.5 Å². The third kappa shape index (κ3) is 3.12. The molecule has 5 heteroatoms. The summed E-state index contributed by atoms with van der Waals surface area (Å²) >= 11 is 0. The first kappa shape index (κ1) is 16.5. The number of nitrogens with zero attached hydrogens (tertiary/aromatic N) is 3. The molecule has 1 fully saturated rings. The fraction of sp³-hybridized carbons (Fsp3) is 0.286. The number of hydrogen-bond donors (Lipinski definition) is 0. The van der Waals surface area contributed by atoms with Gasteiger partial charge in [-0.05, 0) is 44.0 Å². The largest absolute Gasteiger partial charge is 0.338 e. The molecule has 0 N–H and O–H groups in total. The highest BCUT2D eigenvalue weighted by Gasteiger charge is 2.36. The van der Waals surface area contributed by atoms with E-state index >= 15 is 0 Å². The molecule has 0 aliphatic heterocycles. The average Bonchev–Trinajstić information content (AvgIpc) is 3.50. The molecule has 1 amide bonds. The van der Waals surface area contributed by atoms with Gasteiger partial charge < -0.3 is 9.47 Å². The smallest absolute Gasteiger partial charge is 0.243 e. The number of hydrogen-bond acceptors (Lipinski definition) is 3. The zero-order chi connectivity index (χ0) is 18.1. The molecule has 4 rings (SSSR count). The van der Waals surface area contributed by atoms with Crippen LogP contribution >= 0.6 is 0 Å². The van der Waals surface area contributed by atoms with Crippen LogP contribution in [-0.4, -0.2) is 26.4 Å². The van der Waals surface area contributed by atoms with Crippen LogP contribution in [0.4, 0.5) is 0 Å². The van der Waals surface area contributed by atoms with Crippen LogP contribution in [0.15, 0.2) is 65.7 Å². The Morgan fingerprint density at radius 2 is 1.96 bits per heavy atom. The highest BCUT2D eigenvalue weighted by molar-refractivity contribution is 5.82. The second kappa shape index (κ2) is 6.75. The summed E-state index contributed by atoms with van der Waals surface area (Å²) < 4.78 is 1.86. The number of para-hydroxylation sites is 1. The SMILES string of the molecule is C[C@@H](c1ccccn1)N(C(=O)Cn1ccc(=O)c2ccccc21)C1CC1. The first-order valence-corrected chi connectivity index (χ1v) is 8.95. The van der Waals surface area contributed by atoms with Crippen LogP contribution in [0.3, 0.4) is 0 Å². The second-order valence-electron chi connectivity index (χ2n) is 6.79. The Kier molecular flexibility index (Phi) is 4.29. The molecule has 0 unspecified atom stereocenters. The van der Waals surface area contributed by atoms with Gasteiger partial charge in [-0.15, -0.1) is 0 Å². The van der Waals surface area contributed by atoms with E-state index in [4.69, 9.17) is 0 Å². The van der Waals surface area contributed by atoms with Gasteiger partial charge in [-0.3, -0.25) is 14.6 Å². The molecule has 2 aromatic heterocycles. The van der Waals surface area contributed by atoms with Crippen molar-refractivity contribution in [1.29, 1.82) is 0 Å². The molecule has 0 radical (unpaired) electrons. The van der Waals surface area contributed by atoms with Crippen molar-refractivity contribution in [3.8, 4) is 0 Å². The summed E-state index contributed by atoms with van der Waals surface area (Å²) in [4.78, 5) is 31.6. The second-order valence-corrected chi connectivity index (χ2v) is 6.79. The first-order valence-electron chi connectivity index (χ1n) is 8.95. The van der Waals surface area contributed by atoms with Gasteiger partial charge in [0.15, 0.2) is 5.43 Å². The third-order valence-electron chi connectivity index (χ3n) is 4.95. The minimum Gasteiger partial charge on any atom is -0.338 e. The van der Waals surface area contributed by atoms with Gasteiger partial charge in [0.1, 0.15) is 6.54 Å². The summed E-state index contributed by atoms with van der Waals surface area (Å²) in [5.74, 6) is 0.0551. The molecule has 26 heavy (non-hydrogen) atoms. The van der Waals surface area contributed by atoms with Crippen LogP contribution < -0.4 is 5.43 Å². The summed E-state index contributed by atoms with van der Waals surface area (Å²) in [6, 6.07) is 14.9. The van der Waals surface area contributed by atoms with Crippen LogP contribution in [0.25, 0.3) is 10.9 Å². The van der Waals surface area contributed by atoms with Crippen LogP contribution in [-0.2, 0) is 11.3 Å². The molecule has 2 heterocycles. The Morgan fingerprint density at radius 3 is 2.69 bits per heavy atom. The predicted molar refractivity (Wildman–Crippen MR) is 101 cm³/mol. The molecule has 1 atom stereocenters. The minimum atomic E-state index is -0.0677. The number of fused-ring (bicyclic) bond motifs is 1. The van der Waals surface area contributed by atoms with Crippen molar-refractivity contribution < 1.29 is 4.79 Å². The lowest BCUT2D eigenvalue weighted by Gasteiger charge is -2.29. The van der Waals surface area contributed by atoms with E-state index in [1.54, 1.807) is 18.5 Å². The summed E-state index contributed by atoms with van der Waals surface area (Å²) in [6.07, 6.45) is 5.54. The van der Waals surface area contributed by atoms with Crippen molar-refractivity contribution in [2.75, 3.05) is 0 Å². The van der Waals surface area contributed by atoms with Crippen molar-refractivity contribution in [2.24, 2.45) is 0 Å². The molecule has 3 aromatic rings. The Morgan fingerprint density at radius 1 is 1.19 bits per heavy atom. The topological polar surface area (TPSA) is 55.2 Å². The fourth-order valence-electron chi connectivity index (χ4n) is 3.48. The molecule has 0 saturated heterocycles. The summed E-state index contributed by atoms with van der Waals surface area (Å²) in [7, 11) is 0. The van der Waals surface area contributed by atoms with Gasteiger partial charge >= 0.3 is 0 Å². The van der Waals surface area contributed by atoms with Gasteiger partial charge in [0, 0.05) is 29.9 Å². The lowest BCUT2D eigenvalue weighted by molar-refractivity contribution is -0.134. The molecule has 1 saturated carbocycles. The van der Waals surface area contributed by atoms with E-state index in [0.29, 0.717) is 5.39 Å². The van der Waals surface area contributed by atoms with Gasteiger partial charge in [-0.25, -0.2) is 0 Å². The molecule has 0 spiro atoms. The van der Waals surface area contributed by atoms with Gasteiger partial charge in [0.25, 0.3) is 0 Å². The summed E-state index contributed by atoms with van der Waals surface area (Å²) in [5.41, 5.74) is 1.66. The Balaban J connectivity index is 1.64. The van der Waals surface area contributed by atoms with E-state index in [1.807, 2.05) is 52.8 Å². The Hall–Kier alpha value is -2.95. The van der Waals surface area contributed by atoms with Gasteiger partial charge in [0.2, 0.25) is 5.91 Å². The number of benzene rings is 1. The lowest BCUT2D eigenvalue weighted by atomic mass is 10.1. The highest BCUT2D eigenvalue weighted by Crippen LogP contribution is 2.34. The molecule has 1 aliphatic rings. The predicted octanol–water partition coefficient (Wildman–Crippen LogP) is 3.15. The average molecular weight is 347 g/mol. The Bertz CT molecular complexity index is 993. The maximum Gasteiger partial charge on any atom is 0.243 e. The molecule has 5 nitrogen and oxygen atoms in total. The normalized spacial score (nSPS) is 15.0. The number of carbonyl (C=O) groups excluding carboxylic acids is 1. The van der Waals surface area contributed by atoms with E-state index < -0.39 is 0 Å². The first-order chi connectivity index (χ1) is 12.6. The molecule has 1 aliphatic carbocycles. The summed E-state index contributed by atoms with van der Waals surface area (Å²) in [5, 5.41) is 0.638. The zero-order valence-electron chi connectivity index (χ0n) is 14.7. The van der Waals surface area contributed by atoms with E-state index in [9.17, 15) is 9.59 Å². The molecular formula is C21H21N3O2.